The molecule has 4 rings (SSSR count). The summed E-state index contributed by atoms with van der Waals surface area (Å²) in [6.07, 6.45) is 0.761. The molecular weight excluding hydrogens is 456 g/mol. The highest BCUT2D eigenvalue weighted by molar-refractivity contribution is 7.98. The molecule has 4 aromatic rings. The number of hydrogen-bond donors (Lipinski definition) is 0. The summed E-state index contributed by atoms with van der Waals surface area (Å²) in [4.78, 5) is 45.0. The van der Waals surface area contributed by atoms with E-state index in [-0.39, 0.29) is 16.8 Å². The number of fused-ring (bicyclic) bond motifs is 1. The maximum Gasteiger partial charge on any atom is 0.330 e. The van der Waals surface area contributed by atoms with Gasteiger partial charge in [0, 0.05) is 36.5 Å². The van der Waals surface area contributed by atoms with Crippen LogP contribution in [0.5, 0.6) is 0 Å². The number of thioether (sulfide) groups is 1. The summed E-state index contributed by atoms with van der Waals surface area (Å²) in [6, 6.07) is 7.38. The number of hydrogen-bond acceptors (Lipinski definition) is 6. The fourth-order valence-electron chi connectivity index (χ4n) is 3.87. The molecule has 0 atom stereocenters. The third-order valence-electron chi connectivity index (χ3n) is 6.07. The monoisotopic (exact) mass is 482 g/mol. The summed E-state index contributed by atoms with van der Waals surface area (Å²) >= 11 is 2.87. The second kappa shape index (κ2) is 8.79. The van der Waals surface area contributed by atoms with Gasteiger partial charge in [-0.05, 0) is 56.0 Å². The summed E-state index contributed by atoms with van der Waals surface area (Å²) in [5.41, 5.74) is 3.77. The van der Waals surface area contributed by atoms with Crippen LogP contribution in [0.4, 0.5) is 0 Å². The summed E-state index contributed by atoms with van der Waals surface area (Å²) in [7, 11) is 3.10. The van der Waals surface area contributed by atoms with E-state index >= 15 is 0 Å². The second-order valence-electron chi connectivity index (χ2n) is 8.14. The number of rotatable bonds is 5. The van der Waals surface area contributed by atoms with Crippen LogP contribution in [0.2, 0.25) is 0 Å². The minimum absolute atomic E-state index is 0.0928. The van der Waals surface area contributed by atoms with Crippen molar-refractivity contribution in [1.29, 1.82) is 0 Å². The first-order valence-corrected chi connectivity index (χ1v) is 12.5. The van der Waals surface area contributed by atoms with Gasteiger partial charge in [0.25, 0.3) is 11.1 Å². The molecule has 0 bridgehead atoms. The topological polar surface area (TPSA) is 78.9 Å². The number of nitrogens with zero attached hydrogens (tertiary/aromatic N) is 4. The molecule has 7 nitrogen and oxygen atoms in total. The molecule has 0 unspecified atom stereocenters. The normalized spacial score (nSPS) is 11.5. The van der Waals surface area contributed by atoms with E-state index in [2.05, 4.69) is 0 Å². The lowest BCUT2D eigenvalue weighted by Gasteiger charge is -2.15. The number of aromatic nitrogens is 4. The zero-order valence-electron chi connectivity index (χ0n) is 19.6. The van der Waals surface area contributed by atoms with Gasteiger partial charge in [-0.25, -0.2) is 9.78 Å². The highest BCUT2D eigenvalue weighted by atomic mass is 32.2. The molecule has 1 aromatic carbocycles. The molecule has 0 saturated heterocycles. The minimum Gasteiger partial charge on any atom is -0.300 e. The quantitative estimate of drug-likeness (QED) is 0.321. The first-order chi connectivity index (χ1) is 15.6. The van der Waals surface area contributed by atoms with Gasteiger partial charge in [0.2, 0.25) is 0 Å². The zero-order valence-corrected chi connectivity index (χ0v) is 21.2. The van der Waals surface area contributed by atoms with Gasteiger partial charge in [0.15, 0.2) is 5.16 Å². The Balaban J connectivity index is 1.92. The van der Waals surface area contributed by atoms with Crippen LogP contribution in [0.3, 0.4) is 0 Å². The predicted octanol–water partition coefficient (Wildman–Crippen LogP) is 3.62. The van der Waals surface area contributed by atoms with Crippen molar-refractivity contribution in [2.75, 3.05) is 0 Å². The number of benzene rings is 1. The van der Waals surface area contributed by atoms with E-state index in [0.717, 1.165) is 43.1 Å². The van der Waals surface area contributed by atoms with Crippen LogP contribution < -0.4 is 16.8 Å². The predicted molar refractivity (Wildman–Crippen MR) is 135 cm³/mol. The summed E-state index contributed by atoms with van der Waals surface area (Å²) in [5.74, 6) is 0.329. The molecule has 172 valence electrons. The van der Waals surface area contributed by atoms with Crippen molar-refractivity contribution in [1.82, 2.24) is 18.7 Å². The van der Waals surface area contributed by atoms with E-state index in [1.54, 1.807) is 11.6 Å². The number of aryl methyl sites for hydroxylation is 4. The lowest BCUT2D eigenvalue weighted by Crippen LogP contribution is -2.37. The molecule has 0 spiro atoms. The van der Waals surface area contributed by atoms with Crippen molar-refractivity contribution >= 4 is 33.3 Å². The third kappa shape index (κ3) is 4.00. The SMILES string of the molecule is CCc1c(C)sc2nc(SCc3cc(=O)n(C)c(=O)n3C)n(-c3ccc(C)c(C)c3)c(=O)c12. The van der Waals surface area contributed by atoms with Crippen molar-refractivity contribution in [3.63, 3.8) is 0 Å². The zero-order chi connectivity index (χ0) is 24.0. The van der Waals surface area contributed by atoms with Crippen LogP contribution in [0, 0.1) is 20.8 Å². The Kier molecular flexibility index (Phi) is 6.20. The van der Waals surface area contributed by atoms with E-state index < -0.39 is 0 Å². The average Bonchev–Trinajstić information content (AvgIpc) is 3.11. The standard InChI is InChI=1S/C24H26N4O3S2/c1-7-18-15(4)33-21-20(18)22(30)28(16-9-8-13(2)14(3)10-16)23(25-21)32-12-17-11-19(29)27(6)24(31)26(17)5/h8-11H,7,12H2,1-6H3. The van der Waals surface area contributed by atoms with E-state index in [1.807, 2.05) is 45.9 Å². The van der Waals surface area contributed by atoms with E-state index in [1.165, 1.54) is 40.8 Å². The first kappa shape index (κ1) is 23.3. The van der Waals surface area contributed by atoms with Crippen molar-refractivity contribution in [3.8, 4) is 5.69 Å². The van der Waals surface area contributed by atoms with Crippen LogP contribution >= 0.6 is 23.1 Å². The van der Waals surface area contributed by atoms with Gasteiger partial charge in [-0.2, -0.15) is 0 Å². The highest BCUT2D eigenvalue weighted by Crippen LogP contribution is 2.31. The van der Waals surface area contributed by atoms with Gasteiger partial charge in [-0.1, -0.05) is 24.8 Å². The van der Waals surface area contributed by atoms with Crippen molar-refractivity contribution < 1.29 is 0 Å². The second-order valence-corrected chi connectivity index (χ2v) is 10.3. The molecule has 9 heteroatoms. The van der Waals surface area contributed by atoms with Crippen LogP contribution in [-0.4, -0.2) is 18.7 Å². The minimum atomic E-state index is -0.380. The van der Waals surface area contributed by atoms with Gasteiger partial charge in [0.05, 0.1) is 11.1 Å². The van der Waals surface area contributed by atoms with E-state index in [9.17, 15) is 14.4 Å². The van der Waals surface area contributed by atoms with Crippen LogP contribution in [-0.2, 0) is 26.3 Å². The molecule has 33 heavy (non-hydrogen) atoms. The van der Waals surface area contributed by atoms with E-state index in [4.69, 9.17) is 4.98 Å². The molecule has 3 heterocycles. The molecule has 0 N–H and O–H groups in total. The lowest BCUT2D eigenvalue weighted by molar-refractivity contribution is 0.664. The average molecular weight is 483 g/mol. The van der Waals surface area contributed by atoms with Gasteiger partial charge in [-0.3, -0.25) is 23.3 Å². The Bertz CT molecular complexity index is 1570. The fraction of sp³-hybridized carbons (Fsp3) is 0.333. The first-order valence-electron chi connectivity index (χ1n) is 10.6. The molecule has 3 aromatic heterocycles. The highest BCUT2D eigenvalue weighted by Gasteiger charge is 2.20. The van der Waals surface area contributed by atoms with Gasteiger partial charge < -0.3 is 0 Å². The molecule has 0 saturated carbocycles. The van der Waals surface area contributed by atoms with Gasteiger partial charge >= 0.3 is 5.69 Å². The molecule has 0 aliphatic rings. The van der Waals surface area contributed by atoms with Gasteiger partial charge in [-0.15, -0.1) is 11.3 Å². The molecular formula is C24H26N4O3S2. The Morgan fingerprint density at radius 2 is 1.73 bits per heavy atom. The summed E-state index contributed by atoms with van der Waals surface area (Å²) < 4.78 is 4.18. The smallest absolute Gasteiger partial charge is 0.300 e. The lowest BCUT2D eigenvalue weighted by atomic mass is 10.1. The molecule has 0 aliphatic carbocycles. The Morgan fingerprint density at radius 1 is 1.00 bits per heavy atom. The Labute approximate surface area is 199 Å². The van der Waals surface area contributed by atoms with Crippen LogP contribution in [0.15, 0.2) is 43.8 Å². The third-order valence-corrected chi connectivity index (χ3v) is 8.09. The number of thiophene rings is 1. The summed E-state index contributed by atoms with van der Waals surface area (Å²) in [6.45, 7) is 8.12. The maximum atomic E-state index is 13.8. The summed E-state index contributed by atoms with van der Waals surface area (Å²) in [5, 5.41) is 1.20. The molecule has 0 fully saturated rings. The van der Waals surface area contributed by atoms with Gasteiger partial charge in [0.1, 0.15) is 4.83 Å². The fourth-order valence-corrected chi connectivity index (χ4v) is 6.06. The van der Waals surface area contributed by atoms with Crippen molar-refractivity contribution in [2.45, 2.75) is 45.0 Å². The molecule has 0 amide bonds. The van der Waals surface area contributed by atoms with Crippen molar-refractivity contribution in [3.05, 3.63) is 82.7 Å². The molecule has 0 aliphatic heterocycles. The Morgan fingerprint density at radius 3 is 2.39 bits per heavy atom. The Hall–Kier alpha value is -2.91. The van der Waals surface area contributed by atoms with Crippen molar-refractivity contribution in [2.24, 2.45) is 14.1 Å². The van der Waals surface area contributed by atoms with E-state index in [0.29, 0.717) is 22.0 Å². The molecule has 0 radical (unpaired) electrons. The van der Waals surface area contributed by atoms with Crippen LogP contribution in [0.25, 0.3) is 15.9 Å². The maximum absolute atomic E-state index is 13.8. The largest absolute Gasteiger partial charge is 0.330 e. The van der Waals surface area contributed by atoms with Crippen LogP contribution in [0.1, 0.15) is 34.2 Å².